The quantitative estimate of drug-likeness (QED) is 0.750. The minimum Gasteiger partial charge on any atom is -0.299 e. The van der Waals surface area contributed by atoms with Gasteiger partial charge < -0.3 is 0 Å². The monoisotopic (exact) mass is 199 g/mol. The fourth-order valence-corrected chi connectivity index (χ4v) is 1.73. The van der Waals surface area contributed by atoms with E-state index in [1.807, 2.05) is 19.1 Å². The lowest BCUT2D eigenvalue weighted by Gasteiger charge is -2.09. The second kappa shape index (κ2) is 3.86. The Bertz CT molecular complexity index is 409. The normalized spacial score (nSPS) is 16.8. The van der Waals surface area contributed by atoms with Gasteiger partial charge in [0.1, 0.15) is 5.78 Å². The average Bonchev–Trinajstić information content (AvgIpc) is 3.11. The molecule has 1 aliphatic rings. The predicted octanol–water partition coefficient (Wildman–Crippen LogP) is 2.64. The van der Waals surface area contributed by atoms with E-state index in [0.29, 0.717) is 17.3 Å². The number of nitriles is 1. The second-order valence-corrected chi connectivity index (χ2v) is 4.13. The van der Waals surface area contributed by atoms with E-state index < -0.39 is 0 Å². The highest BCUT2D eigenvalue weighted by Gasteiger charge is 2.33. The van der Waals surface area contributed by atoms with E-state index >= 15 is 0 Å². The number of benzene rings is 1. The summed E-state index contributed by atoms with van der Waals surface area (Å²) in [7, 11) is 0. The van der Waals surface area contributed by atoms with Crippen molar-refractivity contribution in [2.75, 3.05) is 0 Å². The van der Waals surface area contributed by atoms with Crippen molar-refractivity contribution < 1.29 is 4.79 Å². The lowest BCUT2D eigenvalue weighted by Crippen LogP contribution is -2.10. The summed E-state index contributed by atoms with van der Waals surface area (Å²) in [5.41, 5.74) is 1.66. The molecule has 15 heavy (non-hydrogen) atoms. The summed E-state index contributed by atoms with van der Waals surface area (Å²) in [5, 5.41) is 8.66. The van der Waals surface area contributed by atoms with Gasteiger partial charge in [0.2, 0.25) is 0 Å². The molecule has 1 fully saturated rings. The maximum atomic E-state index is 11.8. The molecule has 1 aliphatic carbocycles. The van der Waals surface area contributed by atoms with Gasteiger partial charge in [-0.1, -0.05) is 19.1 Å². The van der Waals surface area contributed by atoms with Crippen molar-refractivity contribution >= 4 is 5.78 Å². The number of carbonyl (C=O) groups is 1. The number of hydrogen-bond donors (Lipinski definition) is 0. The summed E-state index contributed by atoms with van der Waals surface area (Å²) in [5.74, 6) is 0.626. The van der Waals surface area contributed by atoms with E-state index in [-0.39, 0.29) is 5.92 Å². The van der Waals surface area contributed by atoms with Gasteiger partial charge in [0.25, 0.3) is 0 Å². The van der Waals surface area contributed by atoms with Gasteiger partial charge in [0.05, 0.1) is 11.6 Å². The van der Waals surface area contributed by atoms with E-state index in [1.54, 1.807) is 12.1 Å². The van der Waals surface area contributed by atoms with Gasteiger partial charge in [-0.25, -0.2) is 0 Å². The highest BCUT2D eigenvalue weighted by molar-refractivity contribution is 5.89. The molecule has 1 aromatic carbocycles. The molecule has 0 N–H and O–H groups in total. The van der Waals surface area contributed by atoms with Crippen molar-refractivity contribution in [1.82, 2.24) is 0 Å². The molecule has 2 nitrogen and oxygen atoms in total. The largest absolute Gasteiger partial charge is 0.299 e. The first-order chi connectivity index (χ1) is 7.22. The van der Waals surface area contributed by atoms with Crippen LogP contribution in [0.2, 0.25) is 0 Å². The van der Waals surface area contributed by atoms with Crippen molar-refractivity contribution in [3.8, 4) is 6.07 Å². The van der Waals surface area contributed by atoms with Crippen LogP contribution in [0.15, 0.2) is 24.3 Å². The summed E-state index contributed by atoms with van der Waals surface area (Å²) in [6.45, 7) is 1.95. The number of rotatable bonds is 3. The third-order valence-electron chi connectivity index (χ3n) is 2.95. The van der Waals surface area contributed by atoms with Gasteiger partial charge in [-0.3, -0.25) is 4.79 Å². The summed E-state index contributed by atoms with van der Waals surface area (Å²) in [6, 6.07) is 9.37. The Balaban J connectivity index is 2.14. The molecule has 0 bridgehead atoms. The van der Waals surface area contributed by atoms with Crippen LogP contribution >= 0.6 is 0 Å². The number of hydrogen-bond acceptors (Lipinski definition) is 2. The molecule has 1 unspecified atom stereocenters. The molecule has 0 aromatic heterocycles. The fourth-order valence-electron chi connectivity index (χ4n) is 1.73. The molecule has 76 valence electrons. The summed E-state index contributed by atoms with van der Waals surface area (Å²) in [4.78, 5) is 11.8. The second-order valence-electron chi connectivity index (χ2n) is 4.13. The van der Waals surface area contributed by atoms with Crippen LogP contribution in [0.1, 0.15) is 36.8 Å². The van der Waals surface area contributed by atoms with Crippen LogP contribution in [0.5, 0.6) is 0 Å². The van der Waals surface area contributed by atoms with Crippen molar-refractivity contribution in [2.45, 2.75) is 25.7 Å². The Morgan fingerprint density at radius 3 is 2.47 bits per heavy atom. The Morgan fingerprint density at radius 2 is 2.00 bits per heavy atom. The molecule has 0 aliphatic heterocycles. The number of nitrogens with zero attached hydrogens (tertiary/aromatic N) is 1. The Labute approximate surface area is 89.5 Å². The van der Waals surface area contributed by atoms with Gasteiger partial charge in [0, 0.05) is 11.8 Å². The molecule has 2 rings (SSSR count). The molecule has 1 atom stereocenters. The molecule has 0 radical (unpaired) electrons. The topological polar surface area (TPSA) is 40.9 Å². The fraction of sp³-hybridized carbons (Fsp3) is 0.385. The standard InChI is InChI=1S/C13H13NO/c1-9(13(15)12-6-7-12)11-4-2-10(8-14)3-5-11/h2-5,9,12H,6-7H2,1H3. The zero-order valence-electron chi connectivity index (χ0n) is 8.73. The molecule has 0 heterocycles. The minimum absolute atomic E-state index is 0.0229. The molecule has 1 saturated carbocycles. The third-order valence-corrected chi connectivity index (χ3v) is 2.95. The Kier molecular flexibility index (Phi) is 2.55. The van der Waals surface area contributed by atoms with E-state index in [4.69, 9.17) is 5.26 Å². The highest BCUT2D eigenvalue weighted by atomic mass is 16.1. The van der Waals surface area contributed by atoms with Crippen LogP contribution in [0, 0.1) is 17.2 Å². The lowest BCUT2D eigenvalue weighted by atomic mass is 9.93. The van der Waals surface area contributed by atoms with Gasteiger partial charge in [-0.2, -0.15) is 5.26 Å². The first-order valence-corrected chi connectivity index (χ1v) is 5.26. The van der Waals surface area contributed by atoms with Crippen molar-refractivity contribution in [3.63, 3.8) is 0 Å². The molecular weight excluding hydrogens is 186 g/mol. The van der Waals surface area contributed by atoms with Gasteiger partial charge in [-0.05, 0) is 30.5 Å². The SMILES string of the molecule is CC(C(=O)C1CC1)c1ccc(C#N)cc1. The summed E-state index contributed by atoms with van der Waals surface area (Å²) < 4.78 is 0. The molecule has 0 amide bonds. The van der Waals surface area contributed by atoms with E-state index in [0.717, 1.165) is 18.4 Å². The van der Waals surface area contributed by atoms with Crippen molar-refractivity contribution in [2.24, 2.45) is 5.92 Å². The van der Waals surface area contributed by atoms with Crippen LogP contribution in [-0.2, 0) is 4.79 Å². The highest BCUT2D eigenvalue weighted by Crippen LogP contribution is 2.35. The Hall–Kier alpha value is -1.62. The Morgan fingerprint density at radius 1 is 1.40 bits per heavy atom. The molecule has 2 heteroatoms. The number of carbonyl (C=O) groups excluding carboxylic acids is 1. The third kappa shape index (κ3) is 2.07. The van der Waals surface area contributed by atoms with Gasteiger partial charge in [-0.15, -0.1) is 0 Å². The molecule has 0 saturated heterocycles. The van der Waals surface area contributed by atoms with Gasteiger partial charge >= 0.3 is 0 Å². The molecular formula is C13H13NO. The van der Waals surface area contributed by atoms with Crippen molar-refractivity contribution in [1.29, 1.82) is 5.26 Å². The maximum Gasteiger partial charge on any atom is 0.143 e. The van der Waals surface area contributed by atoms with E-state index in [9.17, 15) is 4.79 Å². The van der Waals surface area contributed by atoms with Crippen LogP contribution in [0.3, 0.4) is 0 Å². The van der Waals surface area contributed by atoms with E-state index in [2.05, 4.69) is 6.07 Å². The summed E-state index contributed by atoms with van der Waals surface area (Å²) >= 11 is 0. The zero-order chi connectivity index (χ0) is 10.8. The van der Waals surface area contributed by atoms with Crippen LogP contribution in [0.4, 0.5) is 0 Å². The average molecular weight is 199 g/mol. The minimum atomic E-state index is -0.0229. The first kappa shape index (κ1) is 9.92. The van der Waals surface area contributed by atoms with Gasteiger partial charge in [0.15, 0.2) is 0 Å². The number of ketones is 1. The maximum absolute atomic E-state index is 11.8. The summed E-state index contributed by atoms with van der Waals surface area (Å²) in [6.07, 6.45) is 2.11. The number of Topliss-reactive ketones (excluding diaryl/α,β-unsaturated/α-hetero) is 1. The first-order valence-electron chi connectivity index (χ1n) is 5.26. The zero-order valence-corrected chi connectivity index (χ0v) is 8.73. The van der Waals surface area contributed by atoms with Crippen LogP contribution in [0.25, 0.3) is 0 Å². The van der Waals surface area contributed by atoms with Crippen LogP contribution < -0.4 is 0 Å². The predicted molar refractivity (Wildman–Crippen MR) is 57.3 cm³/mol. The lowest BCUT2D eigenvalue weighted by molar-refractivity contribution is -0.121. The van der Waals surface area contributed by atoms with Crippen molar-refractivity contribution in [3.05, 3.63) is 35.4 Å². The molecule has 1 aromatic rings. The molecule has 0 spiro atoms. The van der Waals surface area contributed by atoms with E-state index in [1.165, 1.54) is 0 Å². The smallest absolute Gasteiger partial charge is 0.143 e. The van der Waals surface area contributed by atoms with Crippen LogP contribution in [-0.4, -0.2) is 5.78 Å².